The Hall–Kier alpha value is -1.74. The van der Waals surface area contributed by atoms with E-state index in [9.17, 15) is 10.2 Å². The SMILES string of the molecule is C#C[C@H](O)/C=C/CCCCCCCCCCCCCCC/C=C\CCCCCCCCCCCCCCCC/C=C/[C@@H](O)C#C. The van der Waals surface area contributed by atoms with Crippen LogP contribution in [0, 0.1) is 24.7 Å². The highest BCUT2D eigenvalue weighted by atomic mass is 16.3. The molecule has 0 aromatic heterocycles. The predicted octanol–water partition coefficient (Wildman–Crippen LogP) is 12.7. The summed E-state index contributed by atoms with van der Waals surface area (Å²) >= 11 is 0. The number of rotatable bonds is 35. The van der Waals surface area contributed by atoms with Crippen LogP contribution < -0.4 is 0 Å². The molecule has 0 aromatic carbocycles. The topological polar surface area (TPSA) is 40.5 Å². The van der Waals surface area contributed by atoms with Gasteiger partial charge in [0.2, 0.25) is 0 Å². The van der Waals surface area contributed by atoms with Gasteiger partial charge in [-0.15, -0.1) is 12.8 Å². The van der Waals surface area contributed by atoms with Crippen LogP contribution in [-0.2, 0) is 0 Å². The second kappa shape index (κ2) is 38.4. The first-order chi connectivity index (χ1) is 22.2. The standard InChI is InChI=1S/C43H74O2/c1-3-42(44)40-38-36-34-32-30-28-26-24-22-20-18-16-14-12-10-8-6-5-7-9-11-13-15-17-19-21-23-25-27-29-31-33-35-37-39-41-43(45)4-2/h1-2,5-6,38-45H,7-37H2/b6-5-,40-38+,41-39+/t42-,43-/m0/s1. The van der Waals surface area contributed by atoms with Crippen LogP contribution in [-0.4, -0.2) is 22.4 Å². The Morgan fingerprint density at radius 2 is 0.489 bits per heavy atom. The van der Waals surface area contributed by atoms with E-state index < -0.39 is 12.2 Å². The largest absolute Gasteiger partial charge is 0.377 e. The zero-order valence-electron chi connectivity index (χ0n) is 29.6. The van der Waals surface area contributed by atoms with Crippen molar-refractivity contribution in [2.24, 2.45) is 0 Å². The minimum atomic E-state index is -0.714. The Bertz CT molecular complexity index is 749. The summed E-state index contributed by atoms with van der Waals surface area (Å²) in [6.07, 6.45) is 63.0. The molecule has 0 unspecified atom stereocenters. The molecule has 0 heterocycles. The number of hydrogen-bond donors (Lipinski definition) is 2. The second-order valence-corrected chi connectivity index (χ2v) is 13.3. The van der Waals surface area contributed by atoms with E-state index in [-0.39, 0.29) is 0 Å². The van der Waals surface area contributed by atoms with Gasteiger partial charge in [-0.2, -0.15) is 0 Å². The van der Waals surface area contributed by atoms with Gasteiger partial charge in [0.1, 0.15) is 12.2 Å². The average molecular weight is 623 g/mol. The van der Waals surface area contributed by atoms with Crippen molar-refractivity contribution >= 4 is 0 Å². The van der Waals surface area contributed by atoms with Gasteiger partial charge in [-0.25, -0.2) is 0 Å². The summed E-state index contributed by atoms with van der Waals surface area (Å²) in [5.41, 5.74) is 0. The summed E-state index contributed by atoms with van der Waals surface area (Å²) in [5, 5.41) is 18.5. The lowest BCUT2D eigenvalue weighted by Gasteiger charge is -2.03. The Kier molecular flexibility index (Phi) is 37.0. The van der Waals surface area contributed by atoms with Crippen molar-refractivity contribution in [3.05, 3.63) is 36.5 Å². The van der Waals surface area contributed by atoms with E-state index in [1.165, 1.54) is 186 Å². The second-order valence-electron chi connectivity index (χ2n) is 13.3. The lowest BCUT2D eigenvalue weighted by atomic mass is 10.0. The number of terminal acetylenes is 2. The van der Waals surface area contributed by atoms with E-state index in [0.717, 1.165) is 12.8 Å². The van der Waals surface area contributed by atoms with Crippen molar-refractivity contribution in [3.63, 3.8) is 0 Å². The number of aliphatic hydroxyl groups is 2. The minimum absolute atomic E-state index is 0.713. The molecule has 0 aliphatic carbocycles. The number of hydrogen-bond acceptors (Lipinski definition) is 2. The summed E-state index contributed by atoms with van der Waals surface area (Å²) in [7, 11) is 0. The quantitative estimate of drug-likeness (QED) is 0.0419. The lowest BCUT2D eigenvalue weighted by Crippen LogP contribution is -1.95. The van der Waals surface area contributed by atoms with Crippen molar-refractivity contribution in [1.82, 2.24) is 0 Å². The maximum atomic E-state index is 9.26. The third kappa shape index (κ3) is 38.4. The van der Waals surface area contributed by atoms with Crippen LogP contribution in [0.3, 0.4) is 0 Å². The molecule has 0 aromatic rings. The maximum absolute atomic E-state index is 9.26. The third-order valence-corrected chi connectivity index (χ3v) is 8.88. The molecule has 2 nitrogen and oxygen atoms in total. The fourth-order valence-corrected chi connectivity index (χ4v) is 5.91. The molecule has 0 saturated carbocycles. The van der Waals surface area contributed by atoms with E-state index in [2.05, 4.69) is 24.0 Å². The number of aliphatic hydroxyl groups excluding tert-OH is 2. The first kappa shape index (κ1) is 43.3. The monoisotopic (exact) mass is 623 g/mol. The molecule has 0 spiro atoms. The molecule has 0 bridgehead atoms. The van der Waals surface area contributed by atoms with Gasteiger partial charge in [-0.1, -0.05) is 184 Å². The van der Waals surface area contributed by atoms with Crippen LogP contribution in [0.2, 0.25) is 0 Å². The highest BCUT2D eigenvalue weighted by molar-refractivity contribution is 5.06. The van der Waals surface area contributed by atoms with Gasteiger partial charge in [-0.05, 0) is 63.5 Å². The first-order valence-corrected chi connectivity index (χ1v) is 19.5. The van der Waals surface area contributed by atoms with E-state index in [4.69, 9.17) is 12.8 Å². The predicted molar refractivity (Wildman–Crippen MR) is 200 cm³/mol. The molecule has 0 aliphatic rings. The van der Waals surface area contributed by atoms with Gasteiger partial charge < -0.3 is 10.2 Å². The van der Waals surface area contributed by atoms with Crippen molar-refractivity contribution in [2.75, 3.05) is 0 Å². The summed E-state index contributed by atoms with van der Waals surface area (Å²) in [5.74, 6) is 4.61. The fourth-order valence-electron chi connectivity index (χ4n) is 5.91. The molecule has 45 heavy (non-hydrogen) atoms. The molecule has 258 valence electrons. The van der Waals surface area contributed by atoms with Crippen LogP contribution in [0.5, 0.6) is 0 Å². The van der Waals surface area contributed by atoms with Crippen molar-refractivity contribution < 1.29 is 10.2 Å². The average Bonchev–Trinajstić information content (AvgIpc) is 3.05. The van der Waals surface area contributed by atoms with Gasteiger partial charge in [-0.3, -0.25) is 0 Å². The van der Waals surface area contributed by atoms with E-state index >= 15 is 0 Å². The smallest absolute Gasteiger partial charge is 0.133 e. The first-order valence-electron chi connectivity index (χ1n) is 19.5. The zero-order valence-corrected chi connectivity index (χ0v) is 29.6. The normalized spacial score (nSPS) is 13.2. The van der Waals surface area contributed by atoms with Crippen LogP contribution in [0.15, 0.2) is 36.5 Å². The molecule has 0 aliphatic heterocycles. The van der Waals surface area contributed by atoms with Gasteiger partial charge >= 0.3 is 0 Å². The van der Waals surface area contributed by atoms with Gasteiger partial charge in [0.15, 0.2) is 0 Å². The van der Waals surface area contributed by atoms with Crippen LogP contribution >= 0.6 is 0 Å². The molecular weight excluding hydrogens is 548 g/mol. The zero-order chi connectivity index (χ0) is 32.7. The van der Waals surface area contributed by atoms with Crippen molar-refractivity contribution in [3.8, 4) is 24.7 Å². The molecule has 0 radical (unpaired) electrons. The number of unbranched alkanes of at least 4 members (excludes halogenated alkanes) is 29. The Labute approximate surface area is 282 Å². The van der Waals surface area contributed by atoms with E-state index in [1.807, 2.05) is 12.2 Å². The molecule has 0 fully saturated rings. The Balaban J connectivity index is 3.16. The van der Waals surface area contributed by atoms with Crippen LogP contribution in [0.4, 0.5) is 0 Å². The van der Waals surface area contributed by atoms with E-state index in [0.29, 0.717) is 0 Å². The van der Waals surface area contributed by atoms with Crippen molar-refractivity contribution in [1.29, 1.82) is 0 Å². The molecule has 2 N–H and O–H groups in total. The molecule has 2 heteroatoms. The third-order valence-electron chi connectivity index (χ3n) is 8.88. The molecule has 2 atom stereocenters. The van der Waals surface area contributed by atoms with Gasteiger partial charge in [0.05, 0.1) is 0 Å². The molecule has 0 saturated heterocycles. The van der Waals surface area contributed by atoms with Crippen molar-refractivity contribution in [2.45, 2.75) is 211 Å². The minimum Gasteiger partial charge on any atom is -0.377 e. The van der Waals surface area contributed by atoms with Gasteiger partial charge in [0, 0.05) is 0 Å². The van der Waals surface area contributed by atoms with Crippen LogP contribution in [0.25, 0.3) is 0 Å². The summed E-state index contributed by atoms with van der Waals surface area (Å²) < 4.78 is 0. The summed E-state index contributed by atoms with van der Waals surface area (Å²) in [6.45, 7) is 0. The van der Waals surface area contributed by atoms with Crippen LogP contribution in [0.1, 0.15) is 199 Å². The fraction of sp³-hybridized carbons (Fsp3) is 0.767. The lowest BCUT2D eigenvalue weighted by molar-refractivity contribution is 0.280. The highest BCUT2D eigenvalue weighted by Crippen LogP contribution is 2.15. The highest BCUT2D eigenvalue weighted by Gasteiger charge is 1.96. The summed E-state index contributed by atoms with van der Waals surface area (Å²) in [4.78, 5) is 0. The summed E-state index contributed by atoms with van der Waals surface area (Å²) in [6, 6.07) is 0. The van der Waals surface area contributed by atoms with Gasteiger partial charge in [0.25, 0.3) is 0 Å². The number of allylic oxidation sites excluding steroid dienone is 4. The van der Waals surface area contributed by atoms with E-state index in [1.54, 1.807) is 12.2 Å². The maximum Gasteiger partial charge on any atom is 0.133 e. The molecule has 0 amide bonds. The molecule has 0 rings (SSSR count). The Morgan fingerprint density at radius 1 is 0.311 bits per heavy atom. The molecular formula is C43H74O2. The Morgan fingerprint density at radius 3 is 0.689 bits per heavy atom.